The second-order valence-electron chi connectivity index (χ2n) is 7.12. The minimum atomic E-state index is -1.02. The molecule has 0 saturated carbocycles. The standard InChI is InChI=1S/C18H22N4O6/c1-3-4-27-6-8-12(19)15(24)11-9(7-28-17(20)25)18(26-2)16-10(21-16)5-22(18)13(11)14(8)23/h3,9-10,16,21H,1,4-7,19H2,2H3,(H2,20,25)/t9-,10+,16+,18-/m1/s1. The maximum Gasteiger partial charge on any atom is 0.404 e. The van der Waals surface area contributed by atoms with Crippen molar-refractivity contribution in [2.75, 3.05) is 33.5 Å². The van der Waals surface area contributed by atoms with Crippen LogP contribution in [0.2, 0.25) is 0 Å². The van der Waals surface area contributed by atoms with E-state index in [4.69, 9.17) is 25.7 Å². The number of hydrogen-bond donors (Lipinski definition) is 3. The normalized spacial score (nSPS) is 33.0. The van der Waals surface area contributed by atoms with Gasteiger partial charge < -0.3 is 35.9 Å². The van der Waals surface area contributed by atoms with Crippen molar-refractivity contribution < 1.29 is 28.6 Å². The predicted molar refractivity (Wildman–Crippen MR) is 95.5 cm³/mol. The van der Waals surface area contributed by atoms with Gasteiger partial charge >= 0.3 is 6.09 Å². The van der Waals surface area contributed by atoms with Gasteiger partial charge in [-0.05, 0) is 0 Å². The highest BCUT2D eigenvalue weighted by atomic mass is 16.6. The smallest absolute Gasteiger partial charge is 0.404 e. The summed E-state index contributed by atoms with van der Waals surface area (Å²) >= 11 is 0. The molecule has 4 aliphatic rings. The van der Waals surface area contributed by atoms with E-state index in [-0.39, 0.29) is 60.2 Å². The van der Waals surface area contributed by atoms with Crippen LogP contribution in [0.5, 0.6) is 0 Å². The van der Waals surface area contributed by atoms with Crippen molar-refractivity contribution in [2.24, 2.45) is 17.4 Å². The van der Waals surface area contributed by atoms with Gasteiger partial charge in [0.1, 0.15) is 6.61 Å². The first-order chi connectivity index (χ1) is 13.4. The molecule has 4 rings (SSSR count). The maximum absolute atomic E-state index is 13.3. The molecule has 10 nitrogen and oxygen atoms in total. The van der Waals surface area contributed by atoms with Gasteiger partial charge in [-0.15, -0.1) is 6.58 Å². The molecule has 0 aromatic heterocycles. The molecule has 4 atom stereocenters. The molecule has 10 heteroatoms. The molecular formula is C18H22N4O6. The average Bonchev–Trinajstić information content (AvgIpc) is 3.27. The Morgan fingerprint density at radius 2 is 2.18 bits per heavy atom. The lowest BCUT2D eigenvalue weighted by Crippen LogP contribution is -2.55. The Kier molecular flexibility index (Phi) is 4.29. The van der Waals surface area contributed by atoms with E-state index < -0.39 is 23.5 Å². The second kappa shape index (κ2) is 6.43. The van der Waals surface area contributed by atoms with Crippen molar-refractivity contribution in [1.82, 2.24) is 10.2 Å². The minimum Gasteiger partial charge on any atom is -0.449 e. The number of Topliss-reactive ketones (excluding diaryl/α,β-unsaturated/α-hetero) is 2. The summed E-state index contributed by atoms with van der Waals surface area (Å²) in [6, 6.07) is 0.0172. The Bertz CT molecular complexity index is 849. The van der Waals surface area contributed by atoms with E-state index in [1.807, 2.05) is 0 Å². The van der Waals surface area contributed by atoms with E-state index in [0.717, 1.165) is 0 Å². The first kappa shape index (κ1) is 18.7. The van der Waals surface area contributed by atoms with Crippen molar-refractivity contribution in [2.45, 2.75) is 17.8 Å². The van der Waals surface area contributed by atoms with Gasteiger partial charge in [-0.2, -0.15) is 0 Å². The summed E-state index contributed by atoms with van der Waals surface area (Å²) in [7, 11) is 1.50. The molecule has 2 fully saturated rings. The van der Waals surface area contributed by atoms with Gasteiger partial charge in [0.2, 0.25) is 11.6 Å². The Labute approximate surface area is 161 Å². The molecule has 0 spiro atoms. The first-order valence-corrected chi connectivity index (χ1v) is 8.90. The summed E-state index contributed by atoms with van der Waals surface area (Å²) in [6.07, 6.45) is 0.570. The fourth-order valence-corrected chi connectivity index (χ4v) is 4.63. The maximum atomic E-state index is 13.3. The Morgan fingerprint density at radius 1 is 1.43 bits per heavy atom. The lowest BCUT2D eigenvalue weighted by molar-refractivity contribution is -0.137. The third kappa shape index (κ3) is 2.35. The third-order valence-electron chi connectivity index (χ3n) is 5.81. The quantitative estimate of drug-likeness (QED) is 0.204. The summed E-state index contributed by atoms with van der Waals surface area (Å²) in [4.78, 5) is 39.4. The number of ether oxygens (including phenoxy) is 3. The van der Waals surface area contributed by atoms with Crippen LogP contribution >= 0.6 is 0 Å². The van der Waals surface area contributed by atoms with E-state index in [9.17, 15) is 14.4 Å². The van der Waals surface area contributed by atoms with Crippen LogP contribution in [0.15, 0.2) is 35.2 Å². The molecule has 28 heavy (non-hydrogen) atoms. The molecule has 2 saturated heterocycles. The van der Waals surface area contributed by atoms with E-state index in [1.165, 1.54) is 7.11 Å². The number of nitrogens with zero attached hydrogens (tertiary/aromatic N) is 1. The Hall–Kier alpha value is -2.69. The number of rotatable bonds is 7. The number of primary amides is 1. The zero-order valence-corrected chi connectivity index (χ0v) is 15.4. The molecule has 1 amide bonds. The van der Waals surface area contributed by atoms with Crippen molar-refractivity contribution >= 4 is 17.7 Å². The highest BCUT2D eigenvalue weighted by molar-refractivity contribution is 6.25. The minimum absolute atomic E-state index is 0.0966. The van der Waals surface area contributed by atoms with Gasteiger partial charge in [0.15, 0.2) is 5.72 Å². The number of nitrogens with one attached hydrogen (secondary N) is 1. The highest BCUT2D eigenvalue weighted by Crippen LogP contribution is 2.55. The summed E-state index contributed by atoms with van der Waals surface area (Å²) in [5, 5.41) is 3.28. The summed E-state index contributed by atoms with van der Waals surface area (Å²) in [5.41, 5.74) is 10.5. The van der Waals surface area contributed by atoms with Crippen molar-refractivity contribution in [3.63, 3.8) is 0 Å². The number of methoxy groups -OCH3 is 1. The predicted octanol–water partition coefficient (Wildman–Crippen LogP) is -1.47. The molecule has 3 aliphatic heterocycles. The van der Waals surface area contributed by atoms with E-state index in [2.05, 4.69) is 11.9 Å². The molecule has 5 N–H and O–H groups in total. The molecule has 0 aromatic rings. The van der Waals surface area contributed by atoms with Gasteiger partial charge in [0.05, 0.1) is 42.1 Å². The SMILES string of the molecule is C=CCOCC1=C(N)C(=O)C2=C(C1=O)N1C[C@@H]3N[C@@H]3[C@]1(OC)[C@@H]2COC(N)=O. The van der Waals surface area contributed by atoms with E-state index in [1.54, 1.807) is 11.0 Å². The summed E-state index contributed by atoms with van der Waals surface area (Å²) < 4.78 is 16.2. The van der Waals surface area contributed by atoms with Gasteiger partial charge in [-0.3, -0.25) is 9.59 Å². The zero-order valence-electron chi connectivity index (χ0n) is 15.4. The monoisotopic (exact) mass is 390 g/mol. The van der Waals surface area contributed by atoms with Crippen molar-refractivity contribution in [1.29, 1.82) is 0 Å². The Balaban J connectivity index is 1.75. The van der Waals surface area contributed by atoms with Gasteiger partial charge in [-0.1, -0.05) is 6.08 Å². The van der Waals surface area contributed by atoms with Gasteiger partial charge in [-0.25, -0.2) is 4.79 Å². The van der Waals surface area contributed by atoms with Crippen LogP contribution in [0, 0.1) is 5.92 Å². The van der Waals surface area contributed by atoms with Crippen LogP contribution in [0.1, 0.15) is 0 Å². The number of carbonyl (C=O) groups excluding carboxylic acids is 3. The van der Waals surface area contributed by atoms with Crippen LogP contribution in [0.4, 0.5) is 4.79 Å². The molecule has 0 aromatic carbocycles. The highest BCUT2D eigenvalue weighted by Gasteiger charge is 2.72. The topological polar surface area (TPSA) is 156 Å². The number of ketones is 2. The van der Waals surface area contributed by atoms with Crippen LogP contribution < -0.4 is 16.8 Å². The molecule has 3 heterocycles. The first-order valence-electron chi connectivity index (χ1n) is 8.90. The van der Waals surface area contributed by atoms with E-state index in [0.29, 0.717) is 6.54 Å². The lowest BCUT2D eigenvalue weighted by atomic mass is 9.82. The number of amides is 1. The largest absolute Gasteiger partial charge is 0.449 e. The van der Waals surface area contributed by atoms with Gasteiger partial charge in [0.25, 0.3) is 0 Å². The van der Waals surface area contributed by atoms with Crippen LogP contribution in [-0.2, 0) is 23.8 Å². The average molecular weight is 390 g/mol. The summed E-state index contributed by atoms with van der Waals surface area (Å²) in [6.45, 7) is 3.97. The molecular weight excluding hydrogens is 368 g/mol. The van der Waals surface area contributed by atoms with Crippen LogP contribution in [0.25, 0.3) is 0 Å². The van der Waals surface area contributed by atoms with Crippen molar-refractivity contribution in [3.8, 4) is 0 Å². The fourth-order valence-electron chi connectivity index (χ4n) is 4.63. The Morgan fingerprint density at radius 3 is 2.82 bits per heavy atom. The van der Waals surface area contributed by atoms with Crippen molar-refractivity contribution in [3.05, 3.63) is 35.2 Å². The zero-order chi connectivity index (χ0) is 20.2. The van der Waals surface area contributed by atoms with Crippen LogP contribution in [0.3, 0.4) is 0 Å². The molecule has 150 valence electrons. The second-order valence-corrected chi connectivity index (χ2v) is 7.12. The molecule has 0 unspecified atom stereocenters. The number of carbonyl (C=O) groups is 3. The number of allylic oxidation sites excluding steroid dienone is 2. The fraction of sp³-hybridized carbons (Fsp3) is 0.500. The lowest BCUT2D eigenvalue weighted by Gasteiger charge is -2.39. The number of piperazine rings is 1. The van der Waals surface area contributed by atoms with Gasteiger partial charge in [0, 0.05) is 25.3 Å². The van der Waals surface area contributed by atoms with E-state index >= 15 is 0 Å². The summed E-state index contributed by atoms with van der Waals surface area (Å²) in [5.74, 6) is -1.55. The third-order valence-corrected chi connectivity index (χ3v) is 5.81. The number of nitrogens with two attached hydrogens (primary N) is 2. The molecule has 0 bridgehead atoms. The number of fused-ring (bicyclic) bond motifs is 4. The molecule has 0 radical (unpaired) electrons. The number of hydrogen-bond acceptors (Lipinski definition) is 9. The molecule has 1 aliphatic carbocycles. The van der Waals surface area contributed by atoms with Crippen LogP contribution in [-0.4, -0.2) is 73.8 Å².